The second kappa shape index (κ2) is 3.56. The van der Waals surface area contributed by atoms with Gasteiger partial charge in [-0.1, -0.05) is 18.2 Å². The van der Waals surface area contributed by atoms with E-state index in [1.165, 1.54) is 6.08 Å². The second-order valence-electron chi connectivity index (χ2n) is 2.07. The van der Waals surface area contributed by atoms with Crippen molar-refractivity contribution < 1.29 is 4.79 Å². The summed E-state index contributed by atoms with van der Waals surface area (Å²) >= 11 is 0. The number of carbonyl (C=O) groups excluding carboxylic acids is 1. The van der Waals surface area contributed by atoms with Crippen LogP contribution in [0.5, 0.6) is 0 Å². The monoisotopic (exact) mass is 146 g/mol. The van der Waals surface area contributed by atoms with Gasteiger partial charge in [-0.2, -0.15) is 0 Å². The normalized spacial score (nSPS) is 10.2. The number of hydrogen-bond acceptors (Lipinski definition) is 1. The summed E-state index contributed by atoms with van der Waals surface area (Å²) in [5.74, 6) is -0.436. The standard InChI is InChI=1S/C9H8NO/c10-9(11)7-6-8-4-2-1-3-5-8/h1-2,4-7H,(H2,10,11). The summed E-state index contributed by atoms with van der Waals surface area (Å²) in [6.45, 7) is 0. The van der Waals surface area contributed by atoms with Crippen molar-refractivity contribution in [3.8, 4) is 0 Å². The molecule has 0 aliphatic rings. The van der Waals surface area contributed by atoms with E-state index in [0.29, 0.717) is 0 Å². The van der Waals surface area contributed by atoms with E-state index < -0.39 is 5.91 Å². The van der Waals surface area contributed by atoms with Crippen LogP contribution in [-0.4, -0.2) is 5.91 Å². The minimum Gasteiger partial charge on any atom is -0.366 e. The summed E-state index contributed by atoms with van der Waals surface area (Å²) in [4.78, 5) is 10.3. The first-order valence-electron chi connectivity index (χ1n) is 3.22. The van der Waals surface area contributed by atoms with Gasteiger partial charge in [-0.3, -0.25) is 4.79 Å². The van der Waals surface area contributed by atoms with E-state index >= 15 is 0 Å². The van der Waals surface area contributed by atoms with Crippen LogP contribution in [0, 0.1) is 6.07 Å². The zero-order valence-electron chi connectivity index (χ0n) is 5.95. The topological polar surface area (TPSA) is 43.1 Å². The van der Waals surface area contributed by atoms with E-state index in [1.807, 2.05) is 12.1 Å². The van der Waals surface area contributed by atoms with Crippen LogP contribution in [0.25, 0.3) is 6.08 Å². The van der Waals surface area contributed by atoms with Crippen molar-refractivity contribution in [3.05, 3.63) is 42.0 Å². The van der Waals surface area contributed by atoms with Crippen molar-refractivity contribution in [2.45, 2.75) is 0 Å². The van der Waals surface area contributed by atoms with Crippen LogP contribution in [0.1, 0.15) is 5.56 Å². The molecule has 55 valence electrons. The van der Waals surface area contributed by atoms with Gasteiger partial charge in [-0.15, -0.1) is 0 Å². The lowest BCUT2D eigenvalue weighted by molar-refractivity contribution is -0.113. The summed E-state index contributed by atoms with van der Waals surface area (Å²) in [5, 5.41) is 0. The minimum atomic E-state index is -0.436. The molecule has 0 fully saturated rings. The third-order valence-electron chi connectivity index (χ3n) is 1.17. The molecule has 0 spiro atoms. The van der Waals surface area contributed by atoms with Crippen LogP contribution in [0.2, 0.25) is 0 Å². The zero-order valence-corrected chi connectivity index (χ0v) is 5.95. The lowest BCUT2D eigenvalue weighted by Crippen LogP contribution is -2.04. The summed E-state index contributed by atoms with van der Waals surface area (Å²) in [5.41, 5.74) is 5.83. The fourth-order valence-electron chi connectivity index (χ4n) is 0.689. The molecule has 2 N–H and O–H groups in total. The van der Waals surface area contributed by atoms with Gasteiger partial charge in [0.05, 0.1) is 0 Å². The molecule has 0 aliphatic carbocycles. The van der Waals surface area contributed by atoms with Crippen LogP contribution < -0.4 is 5.73 Å². The Balaban J connectivity index is 2.72. The molecule has 1 aromatic rings. The summed E-state index contributed by atoms with van der Waals surface area (Å²) in [6.07, 6.45) is 2.97. The fourth-order valence-corrected chi connectivity index (χ4v) is 0.689. The molecule has 0 unspecified atom stereocenters. The SMILES string of the molecule is NC(=O)C=Cc1c[c]ccc1. The predicted molar refractivity (Wildman–Crippen MR) is 43.5 cm³/mol. The number of hydrogen-bond donors (Lipinski definition) is 1. The second-order valence-corrected chi connectivity index (χ2v) is 2.07. The Kier molecular flexibility index (Phi) is 2.44. The first-order valence-corrected chi connectivity index (χ1v) is 3.22. The van der Waals surface area contributed by atoms with E-state index in [0.717, 1.165) is 5.56 Å². The molecule has 2 heteroatoms. The van der Waals surface area contributed by atoms with Crippen molar-refractivity contribution in [1.82, 2.24) is 0 Å². The Labute approximate surface area is 65.3 Å². The lowest BCUT2D eigenvalue weighted by Gasteiger charge is -1.87. The van der Waals surface area contributed by atoms with E-state index in [2.05, 4.69) is 6.07 Å². The third-order valence-corrected chi connectivity index (χ3v) is 1.17. The van der Waals surface area contributed by atoms with Crippen molar-refractivity contribution >= 4 is 12.0 Å². The number of benzene rings is 1. The first-order chi connectivity index (χ1) is 5.29. The molecule has 1 radical (unpaired) electrons. The highest BCUT2D eigenvalue weighted by Crippen LogP contribution is 1.99. The summed E-state index contributed by atoms with van der Waals surface area (Å²) < 4.78 is 0. The van der Waals surface area contributed by atoms with Gasteiger partial charge in [-0.05, 0) is 23.8 Å². The highest BCUT2D eigenvalue weighted by molar-refractivity contribution is 5.90. The Morgan fingerprint density at radius 2 is 2.45 bits per heavy atom. The van der Waals surface area contributed by atoms with Gasteiger partial charge >= 0.3 is 0 Å². The van der Waals surface area contributed by atoms with Crippen molar-refractivity contribution in [2.75, 3.05) is 0 Å². The van der Waals surface area contributed by atoms with E-state index in [4.69, 9.17) is 5.73 Å². The minimum absolute atomic E-state index is 0.436. The van der Waals surface area contributed by atoms with E-state index in [-0.39, 0.29) is 0 Å². The van der Waals surface area contributed by atoms with Crippen LogP contribution in [0.3, 0.4) is 0 Å². The van der Waals surface area contributed by atoms with Crippen LogP contribution in [0.4, 0.5) is 0 Å². The highest BCUT2D eigenvalue weighted by atomic mass is 16.1. The Bertz CT molecular complexity index is 264. The van der Waals surface area contributed by atoms with Crippen LogP contribution >= 0.6 is 0 Å². The number of rotatable bonds is 2. The van der Waals surface area contributed by atoms with E-state index in [9.17, 15) is 4.79 Å². The maximum atomic E-state index is 10.3. The van der Waals surface area contributed by atoms with Crippen molar-refractivity contribution in [1.29, 1.82) is 0 Å². The molecule has 0 saturated carbocycles. The molecule has 0 aromatic heterocycles. The molecule has 1 amide bonds. The van der Waals surface area contributed by atoms with Gasteiger partial charge in [0.15, 0.2) is 0 Å². The van der Waals surface area contributed by atoms with E-state index in [1.54, 1.807) is 18.2 Å². The van der Waals surface area contributed by atoms with Crippen molar-refractivity contribution in [3.63, 3.8) is 0 Å². The number of primary amides is 1. The maximum absolute atomic E-state index is 10.3. The number of carbonyl (C=O) groups is 1. The summed E-state index contributed by atoms with van der Waals surface area (Å²) in [7, 11) is 0. The Morgan fingerprint density at radius 1 is 1.64 bits per heavy atom. The van der Waals surface area contributed by atoms with Gasteiger partial charge in [0, 0.05) is 6.08 Å². The largest absolute Gasteiger partial charge is 0.366 e. The molecular weight excluding hydrogens is 138 g/mol. The smallest absolute Gasteiger partial charge is 0.241 e. The Hall–Kier alpha value is -1.57. The molecule has 0 atom stereocenters. The van der Waals surface area contributed by atoms with Gasteiger partial charge in [0.1, 0.15) is 0 Å². The van der Waals surface area contributed by atoms with Gasteiger partial charge in [0.2, 0.25) is 5.91 Å². The van der Waals surface area contributed by atoms with Gasteiger partial charge in [0.25, 0.3) is 0 Å². The molecule has 0 saturated heterocycles. The molecule has 1 aromatic carbocycles. The maximum Gasteiger partial charge on any atom is 0.241 e. The van der Waals surface area contributed by atoms with Gasteiger partial charge < -0.3 is 5.73 Å². The number of nitrogens with two attached hydrogens (primary N) is 1. The van der Waals surface area contributed by atoms with Gasteiger partial charge in [-0.25, -0.2) is 0 Å². The highest BCUT2D eigenvalue weighted by Gasteiger charge is 1.84. The lowest BCUT2D eigenvalue weighted by atomic mass is 10.2. The molecular formula is C9H8NO. The molecule has 11 heavy (non-hydrogen) atoms. The first kappa shape index (κ1) is 7.54. The Morgan fingerprint density at radius 3 is 3.00 bits per heavy atom. The van der Waals surface area contributed by atoms with Crippen LogP contribution in [-0.2, 0) is 4.79 Å². The van der Waals surface area contributed by atoms with Crippen LogP contribution in [0.15, 0.2) is 30.3 Å². The zero-order chi connectivity index (χ0) is 8.10. The molecule has 0 bridgehead atoms. The predicted octanol–water partition coefficient (Wildman–Crippen LogP) is 0.985. The number of amides is 1. The fraction of sp³-hybridized carbons (Fsp3) is 0. The molecule has 0 aliphatic heterocycles. The average Bonchev–Trinajstić information content (AvgIpc) is 2.03. The molecule has 1 rings (SSSR count). The third kappa shape index (κ3) is 2.67. The summed E-state index contributed by atoms with van der Waals surface area (Å²) in [6, 6.07) is 10.2. The van der Waals surface area contributed by atoms with Crippen molar-refractivity contribution in [2.24, 2.45) is 5.73 Å². The average molecular weight is 146 g/mol. The quantitative estimate of drug-likeness (QED) is 0.621. The molecule has 2 nitrogen and oxygen atoms in total. The molecule has 0 heterocycles.